The van der Waals surface area contributed by atoms with Crippen molar-refractivity contribution in [3.8, 4) is 6.07 Å². The molecule has 2 aromatic rings. The maximum absolute atomic E-state index is 13.6. The molecule has 15 heteroatoms. The van der Waals surface area contributed by atoms with E-state index in [1.54, 1.807) is 17.0 Å². The maximum Gasteiger partial charge on any atom is 0.262 e. The first-order valence-electron chi connectivity index (χ1n) is 20.7. The molecule has 3 atom stereocenters. The summed E-state index contributed by atoms with van der Waals surface area (Å²) < 4.78 is 0. The molecule has 0 aromatic heterocycles. The Hall–Kier alpha value is -5.52. The summed E-state index contributed by atoms with van der Waals surface area (Å²) in [6.07, 6.45) is 10.5. The van der Waals surface area contributed by atoms with E-state index in [2.05, 4.69) is 51.2 Å². The van der Waals surface area contributed by atoms with Gasteiger partial charge in [-0.3, -0.25) is 43.9 Å². The zero-order valence-electron chi connectivity index (χ0n) is 33.1. The van der Waals surface area contributed by atoms with Crippen molar-refractivity contribution >= 4 is 52.7 Å². The molecule has 59 heavy (non-hydrogen) atoms. The van der Waals surface area contributed by atoms with Crippen LogP contribution in [0.2, 0.25) is 5.02 Å². The Bertz CT molecular complexity index is 2220. The van der Waals surface area contributed by atoms with Gasteiger partial charge in [-0.05, 0) is 92.0 Å². The smallest absolute Gasteiger partial charge is 0.262 e. The molecule has 1 N–H and O–H groups in total. The average Bonchev–Trinajstić information content (AvgIpc) is 3.88. The Morgan fingerprint density at radius 2 is 1.63 bits per heavy atom. The van der Waals surface area contributed by atoms with E-state index in [-0.39, 0.29) is 53.7 Å². The Labute approximate surface area is 348 Å². The zero-order chi connectivity index (χ0) is 41.2. The second-order valence-corrected chi connectivity index (χ2v) is 17.6. The van der Waals surface area contributed by atoms with Crippen LogP contribution in [-0.2, 0) is 32.3 Å². The molecule has 0 saturated carbocycles. The Morgan fingerprint density at radius 3 is 2.24 bits per heavy atom. The Morgan fingerprint density at radius 1 is 0.932 bits per heavy atom. The van der Waals surface area contributed by atoms with E-state index in [0.717, 1.165) is 60.6 Å². The minimum atomic E-state index is -1.02. The van der Waals surface area contributed by atoms with E-state index in [0.29, 0.717) is 62.3 Å². The van der Waals surface area contributed by atoms with E-state index >= 15 is 0 Å². The summed E-state index contributed by atoms with van der Waals surface area (Å²) in [6, 6.07) is 10.6. The van der Waals surface area contributed by atoms with Crippen molar-refractivity contribution in [1.29, 1.82) is 5.26 Å². The number of nitriles is 1. The number of carbonyl (C=O) groups excluding carboxylic acids is 6. The van der Waals surface area contributed by atoms with Gasteiger partial charge in [-0.15, -0.1) is 0 Å². The van der Waals surface area contributed by atoms with Gasteiger partial charge in [0.05, 0.1) is 34.2 Å². The molecule has 9 rings (SSSR count). The van der Waals surface area contributed by atoms with Crippen LogP contribution < -0.4 is 10.2 Å². The van der Waals surface area contributed by atoms with E-state index in [1.807, 2.05) is 23.1 Å². The topological polar surface area (TPSA) is 158 Å². The predicted octanol–water partition coefficient (Wildman–Crippen LogP) is 3.44. The highest BCUT2D eigenvalue weighted by Gasteiger charge is 2.46. The molecule has 1 spiro atoms. The number of nitrogens with one attached hydrogen (secondary N) is 1. The summed E-state index contributed by atoms with van der Waals surface area (Å²) in [5.41, 5.74) is 5.03. The van der Waals surface area contributed by atoms with Crippen LogP contribution in [0, 0.1) is 22.7 Å². The highest BCUT2D eigenvalue weighted by Crippen LogP contribution is 2.46. The fourth-order valence-electron chi connectivity index (χ4n) is 10.3. The highest BCUT2D eigenvalue weighted by atomic mass is 35.5. The first-order chi connectivity index (χ1) is 28.4. The SMILES string of the molecule is C[C@H]1CC2(CCN(C3=CCC(C(=O)N4CCN(CC(=O)N5Cc6cc7c(cc6C5)C(=O)N(C5CCC(=O)NC5=O)C7=O)CC4)C=C3)CC2)CN1c1ccc(C#N)c(Cl)c1. The number of imide groups is 2. The third-order valence-corrected chi connectivity index (χ3v) is 13.9. The molecule has 6 heterocycles. The first kappa shape index (κ1) is 39.0. The Kier molecular flexibility index (Phi) is 10.1. The van der Waals surface area contributed by atoms with Crippen LogP contribution in [0.1, 0.15) is 82.9 Å². The summed E-state index contributed by atoms with van der Waals surface area (Å²) in [5, 5.41) is 12.0. The van der Waals surface area contributed by atoms with Crippen molar-refractivity contribution in [2.75, 3.05) is 57.3 Å². The Balaban J connectivity index is 0.722. The minimum Gasteiger partial charge on any atom is -0.372 e. The summed E-state index contributed by atoms with van der Waals surface area (Å²) in [4.78, 5) is 89.2. The molecule has 1 aliphatic carbocycles. The van der Waals surface area contributed by atoms with Crippen molar-refractivity contribution in [3.63, 3.8) is 0 Å². The third-order valence-electron chi connectivity index (χ3n) is 13.6. The number of anilines is 1. The lowest BCUT2D eigenvalue weighted by Gasteiger charge is -2.41. The normalized spacial score (nSPS) is 25.3. The van der Waals surface area contributed by atoms with Gasteiger partial charge in [-0.2, -0.15) is 5.26 Å². The van der Waals surface area contributed by atoms with Crippen molar-refractivity contribution in [1.82, 2.24) is 29.8 Å². The number of rotatable bonds is 6. The van der Waals surface area contributed by atoms with Crippen LogP contribution in [0.15, 0.2) is 54.3 Å². The fraction of sp³-hybridized carbons (Fsp3) is 0.477. The second kappa shape index (κ2) is 15.3. The summed E-state index contributed by atoms with van der Waals surface area (Å²) in [7, 11) is 0. The molecule has 0 bridgehead atoms. The van der Waals surface area contributed by atoms with Crippen molar-refractivity contribution in [2.45, 2.75) is 70.6 Å². The van der Waals surface area contributed by atoms with Gasteiger partial charge in [0, 0.05) is 82.7 Å². The molecule has 0 radical (unpaired) electrons. The van der Waals surface area contributed by atoms with Crippen LogP contribution in [-0.4, -0.2) is 124 Å². The number of piperazine rings is 1. The summed E-state index contributed by atoms with van der Waals surface area (Å²) >= 11 is 6.37. The number of piperidine rings is 2. The quantitative estimate of drug-likeness (QED) is 0.429. The monoisotopic (exact) mass is 818 g/mol. The van der Waals surface area contributed by atoms with Gasteiger partial charge in [-0.1, -0.05) is 23.8 Å². The molecule has 306 valence electrons. The summed E-state index contributed by atoms with van der Waals surface area (Å²) in [5.74, 6) is -2.33. The third kappa shape index (κ3) is 7.18. The van der Waals surface area contributed by atoms with Gasteiger partial charge in [0.2, 0.25) is 23.6 Å². The van der Waals surface area contributed by atoms with Gasteiger partial charge >= 0.3 is 0 Å². The number of amides is 6. The fourth-order valence-corrected chi connectivity index (χ4v) is 10.5. The lowest BCUT2D eigenvalue weighted by Crippen LogP contribution is -2.54. The molecule has 4 saturated heterocycles. The number of likely N-dealkylation sites (tertiary alicyclic amines) is 1. The summed E-state index contributed by atoms with van der Waals surface area (Å²) in [6.45, 7) is 8.32. The number of hydrogen-bond acceptors (Lipinski definition) is 10. The molecule has 2 aromatic carbocycles. The number of nitrogens with zero attached hydrogens (tertiary/aromatic N) is 7. The van der Waals surface area contributed by atoms with E-state index in [4.69, 9.17) is 11.6 Å². The van der Waals surface area contributed by atoms with Crippen molar-refractivity contribution in [2.24, 2.45) is 11.3 Å². The number of halogens is 1. The maximum atomic E-state index is 13.6. The standard InChI is InChI=1S/C44H47ClN8O6/c1-27-21-44(26-52(27)33-7-4-29(22-46)36(45)20-33)10-12-49(13-11-44)32-5-2-28(3-6-32)41(57)50-16-14-48(15-17-50)25-39(55)51-23-30-18-34-35(19-31(30)24-51)43(59)53(42(34)58)37-8-9-38(54)47-40(37)56/h2,4-7,18-20,27-28,37H,3,8-17,21,23-26H2,1H3,(H,47,54,56)/t27-,28?,37?/m0/s1. The van der Waals surface area contributed by atoms with Crippen LogP contribution in [0.4, 0.5) is 5.69 Å². The van der Waals surface area contributed by atoms with Crippen LogP contribution in [0.25, 0.3) is 0 Å². The number of allylic oxidation sites excluding steroid dienone is 2. The number of hydrogen-bond donors (Lipinski definition) is 1. The van der Waals surface area contributed by atoms with Crippen molar-refractivity contribution < 1.29 is 28.8 Å². The zero-order valence-corrected chi connectivity index (χ0v) is 33.9. The average molecular weight is 819 g/mol. The van der Waals surface area contributed by atoms with Crippen LogP contribution in [0.5, 0.6) is 0 Å². The van der Waals surface area contributed by atoms with E-state index in [1.165, 1.54) is 5.70 Å². The largest absolute Gasteiger partial charge is 0.372 e. The van der Waals surface area contributed by atoms with E-state index < -0.39 is 29.7 Å². The van der Waals surface area contributed by atoms with Crippen LogP contribution in [0.3, 0.4) is 0 Å². The first-order valence-corrected chi connectivity index (χ1v) is 21.0. The highest BCUT2D eigenvalue weighted by molar-refractivity contribution is 6.32. The molecule has 14 nitrogen and oxygen atoms in total. The lowest BCUT2D eigenvalue weighted by atomic mass is 9.76. The van der Waals surface area contributed by atoms with E-state index in [9.17, 15) is 34.0 Å². The molecule has 4 fully saturated rings. The molecule has 7 aliphatic rings. The molecule has 2 unspecified atom stereocenters. The van der Waals surface area contributed by atoms with Gasteiger partial charge in [0.1, 0.15) is 12.1 Å². The molecular formula is C44H47ClN8O6. The van der Waals surface area contributed by atoms with Gasteiger partial charge < -0.3 is 19.6 Å². The molecule has 6 aliphatic heterocycles. The van der Waals surface area contributed by atoms with Gasteiger partial charge in [-0.25, -0.2) is 0 Å². The minimum absolute atomic E-state index is 0.0565. The second-order valence-electron chi connectivity index (χ2n) is 17.2. The molecule has 6 amide bonds. The predicted molar refractivity (Wildman–Crippen MR) is 217 cm³/mol. The number of benzene rings is 2. The van der Waals surface area contributed by atoms with Crippen molar-refractivity contribution in [3.05, 3.63) is 87.1 Å². The van der Waals surface area contributed by atoms with Gasteiger partial charge in [0.15, 0.2) is 0 Å². The molecular weight excluding hydrogens is 772 g/mol. The van der Waals surface area contributed by atoms with Crippen LogP contribution >= 0.6 is 11.6 Å². The number of fused-ring (bicyclic) bond motifs is 2. The lowest BCUT2D eigenvalue weighted by molar-refractivity contribution is -0.138. The van der Waals surface area contributed by atoms with Gasteiger partial charge in [0.25, 0.3) is 11.8 Å². The number of carbonyl (C=O) groups is 6.